The molecule has 0 atom stereocenters. The quantitative estimate of drug-likeness (QED) is 0.941. The number of aromatic nitrogens is 2. The second kappa shape index (κ2) is 6.01. The third kappa shape index (κ3) is 3.25. The summed E-state index contributed by atoms with van der Waals surface area (Å²) >= 11 is 0. The largest absolute Gasteiger partial charge is 0.378 e. The Labute approximate surface area is 120 Å². The van der Waals surface area contributed by atoms with E-state index in [-0.39, 0.29) is 11.6 Å². The summed E-state index contributed by atoms with van der Waals surface area (Å²) in [4.78, 5) is 10.5. The van der Waals surface area contributed by atoms with Crippen molar-refractivity contribution in [2.75, 3.05) is 36.5 Å². The standard InChI is InChI=1S/C14H14F2N4O/c15-10-1-2-12(11(16)9-10)18-14-17-4-3-13(19-14)20-5-7-21-8-6-20/h1-4,9H,5-8H2,(H,17,18,19). The van der Waals surface area contributed by atoms with Crippen molar-refractivity contribution in [3.8, 4) is 0 Å². The minimum absolute atomic E-state index is 0.135. The molecule has 1 saturated heterocycles. The van der Waals surface area contributed by atoms with Crippen LogP contribution in [-0.4, -0.2) is 36.3 Å². The Morgan fingerprint density at radius 2 is 1.95 bits per heavy atom. The maximum Gasteiger partial charge on any atom is 0.229 e. The first-order chi connectivity index (χ1) is 10.2. The molecule has 1 aromatic heterocycles. The third-order valence-electron chi connectivity index (χ3n) is 3.15. The maximum absolute atomic E-state index is 13.6. The minimum Gasteiger partial charge on any atom is -0.378 e. The van der Waals surface area contributed by atoms with Crippen LogP contribution in [0.5, 0.6) is 0 Å². The van der Waals surface area contributed by atoms with Crippen LogP contribution in [-0.2, 0) is 4.74 Å². The number of benzene rings is 1. The summed E-state index contributed by atoms with van der Waals surface area (Å²) in [5.74, 6) is -0.292. The second-order valence-corrected chi connectivity index (χ2v) is 4.59. The molecule has 1 aliphatic rings. The van der Waals surface area contributed by atoms with Gasteiger partial charge < -0.3 is 15.0 Å². The molecular weight excluding hydrogens is 278 g/mol. The molecule has 1 aromatic carbocycles. The SMILES string of the molecule is Fc1ccc(Nc2nccc(N3CCOCC3)n2)c(F)c1. The van der Waals surface area contributed by atoms with E-state index in [1.165, 1.54) is 12.1 Å². The Balaban J connectivity index is 1.79. The Hall–Kier alpha value is -2.28. The van der Waals surface area contributed by atoms with Gasteiger partial charge in [-0.05, 0) is 18.2 Å². The molecule has 0 spiro atoms. The summed E-state index contributed by atoms with van der Waals surface area (Å²) < 4.78 is 31.8. The van der Waals surface area contributed by atoms with Crippen LogP contribution in [0, 0.1) is 11.6 Å². The van der Waals surface area contributed by atoms with E-state index >= 15 is 0 Å². The van der Waals surface area contributed by atoms with Crippen molar-refractivity contribution >= 4 is 17.5 Å². The van der Waals surface area contributed by atoms with Crippen LogP contribution in [0.4, 0.5) is 26.2 Å². The summed E-state index contributed by atoms with van der Waals surface area (Å²) in [5.41, 5.74) is 0.135. The van der Waals surface area contributed by atoms with Crippen molar-refractivity contribution < 1.29 is 13.5 Å². The van der Waals surface area contributed by atoms with Crippen LogP contribution < -0.4 is 10.2 Å². The van der Waals surface area contributed by atoms with Crippen molar-refractivity contribution in [1.82, 2.24) is 9.97 Å². The minimum atomic E-state index is -0.685. The first-order valence-electron chi connectivity index (χ1n) is 6.60. The molecule has 1 fully saturated rings. The second-order valence-electron chi connectivity index (χ2n) is 4.59. The van der Waals surface area contributed by atoms with Crippen molar-refractivity contribution in [2.24, 2.45) is 0 Å². The molecule has 7 heteroatoms. The van der Waals surface area contributed by atoms with Gasteiger partial charge in [-0.3, -0.25) is 0 Å². The lowest BCUT2D eigenvalue weighted by Crippen LogP contribution is -2.36. The number of morpholine rings is 1. The highest BCUT2D eigenvalue weighted by molar-refractivity contribution is 5.55. The number of rotatable bonds is 3. The molecule has 3 rings (SSSR count). The van der Waals surface area contributed by atoms with Gasteiger partial charge >= 0.3 is 0 Å². The number of nitrogens with zero attached hydrogens (tertiary/aromatic N) is 3. The van der Waals surface area contributed by atoms with Gasteiger partial charge in [-0.25, -0.2) is 13.8 Å². The molecule has 0 saturated carbocycles. The molecule has 21 heavy (non-hydrogen) atoms. The zero-order valence-electron chi connectivity index (χ0n) is 11.2. The molecule has 1 N–H and O–H groups in total. The van der Waals surface area contributed by atoms with Gasteiger partial charge in [0, 0.05) is 25.4 Å². The highest BCUT2D eigenvalue weighted by Crippen LogP contribution is 2.20. The summed E-state index contributed by atoms with van der Waals surface area (Å²) in [7, 11) is 0. The van der Waals surface area contributed by atoms with Gasteiger partial charge in [-0.1, -0.05) is 0 Å². The van der Waals surface area contributed by atoms with Gasteiger partial charge in [0.25, 0.3) is 0 Å². The highest BCUT2D eigenvalue weighted by Gasteiger charge is 2.13. The lowest BCUT2D eigenvalue weighted by molar-refractivity contribution is 0.122. The van der Waals surface area contributed by atoms with Crippen LogP contribution in [0.2, 0.25) is 0 Å². The fourth-order valence-electron chi connectivity index (χ4n) is 2.09. The highest BCUT2D eigenvalue weighted by atomic mass is 19.1. The molecule has 0 unspecified atom stereocenters. The lowest BCUT2D eigenvalue weighted by atomic mass is 10.3. The Kier molecular flexibility index (Phi) is 3.92. The van der Waals surface area contributed by atoms with Crippen molar-refractivity contribution in [2.45, 2.75) is 0 Å². The monoisotopic (exact) mass is 292 g/mol. The summed E-state index contributed by atoms with van der Waals surface area (Å²) in [6, 6.07) is 5.10. The first-order valence-corrected chi connectivity index (χ1v) is 6.60. The van der Waals surface area contributed by atoms with Gasteiger partial charge in [-0.2, -0.15) is 4.98 Å². The molecule has 0 aliphatic carbocycles. The van der Waals surface area contributed by atoms with E-state index in [0.29, 0.717) is 13.2 Å². The van der Waals surface area contributed by atoms with Crippen LogP contribution in [0.25, 0.3) is 0 Å². The molecular formula is C14H14F2N4O. The van der Waals surface area contributed by atoms with Crippen molar-refractivity contribution in [3.63, 3.8) is 0 Å². The van der Waals surface area contributed by atoms with E-state index in [1.54, 1.807) is 12.3 Å². The average Bonchev–Trinajstić information content (AvgIpc) is 2.51. The van der Waals surface area contributed by atoms with Gasteiger partial charge in [0.1, 0.15) is 17.5 Å². The number of hydrogen-bond acceptors (Lipinski definition) is 5. The van der Waals surface area contributed by atoms with E-state index < -0.39 is 11.6 Å². The summed E-state index contributed by atoms with van der Waals surface area (Å²) in [6.07, 6.45) is 1.60. The number of halogens is 2. The predicted octanol–water partition coefficient (Wildman–Crippen LogP) is 2.33. The first kappa shape index (κ1) is 13.7. The van der Waals surface area contributed by atoms with E-state index in [1.807, 2.05) is 0 Å². The molecule has 0 radical (unpaired) electrons. The van der Waals surface area contributed by atoms with Crippen molar-refractivity contribution in [1.29, 1.82) is 0 Å². The Morgan fingerprint density at radius 3 is 2.71 bits per heavy atom. The van der Waals surface area contributed by atoms with E-state index in [0.717, 1.165) is 25.0 Å². The smallest absolute Gasteiger partial charge is 0.229 e. The molecule has 0 amide bonds. The lowest BCUT2D eigenvalue weighted by Gasteiger charge is -2.27. The topological polar surface area (TPSA) is 50.3 Å². The van der Waals surface area contributed by atoms with Gasteiger partial charge in [0.2, 0.25) is 5.95 Å². The normalized spacial score (nSPS) is 15.0. The summed E-state index contributed by atoms with van der Waals surface area (Å²) in [5, 5.41) is 2.76. The maximum atomic E-state index is 13.6. The number of hydrogen-bond donors (Lipinski definition) is 1. The fraction of sp³-hybridized carbons (Fsp3) is 0.286. The van der Waals surface area contributed by atoms with Crippen LogP contribution >= 0.6 is 0 Å². The molecule has 5 nitrogen and oxygen atoms in total. The van der Waals surface area contributed by atoms with E-state index in [4.69, 9.17) is 4.74 Å². The van der Waals surface area contributed by atoms with Crippen molar-refractivity contribution in [3.05, 3.63) is 42.1 Å². The Bertz CT molecular complexity index is 632. The third-order valence-corrected chi connectivity index (χ3v) is 3.15. The number of nitrogens with one attached hydrogen (secondary N) is 1. The van der Waals surface area contributed by atoms with Crippen LogP contribution in [0.3, 0.4) is 0 Å². The van der Waals surface area contributed by atoms with Gasteiger partial charge in [0.15, 0.2) is 0 Å². The van der Waals surface area contributed by atoms with E-state index in [9.17, 15) is 8.78 Å². The zero-order chi connectivity index (χ0) is 14.7. The van der Waals surface area contributed by atoms with Crippen LogP contribution in [0.15, 0.2) is 30.5 Å². The molecule has 2 heterocycles. The molecule has 1 aliphatic heterocycles. The predicted molar refractivity (Wildman–Crippen MR) is 74.7 cm³/mol. The van der Waals surface area contributed by atoms with Gasteiger partial charge in [0.05, 0.1) is 18.9 Å². The fourth-order valence-corrected chi connectivity index (χ4v) is 2.09. The van der Waals surface area contributed by atoms with E-state index in [2.05, 4.69) is 20.2 Å². The van der Waals surface area contributed by atoms with Gasteiger partial charge in [-0.15, -0.1) is 0 Å². The summed E-state index contributed by atoms with van der Waals surface area (Å²) in [6.45, 7) is 2.81. The molecule has 110 valence electrons. The Morgan fingerprint density at radius 1 is 1.14 bits per heavy atom. The number of anilines is 3. The average molecular weight is 292 g/mol. The van der Waals surface area contributed by atoms with Crippen LogP contribution in [0.1, 0.15) is 0 Å². The molecule has 0 bridgehead atoms. The zero-order valence-corrected chi connectivity index (χ0v) is 11.2. The number of ether oxygens (including phenoxy) is 1. The molecule has 2 aromatic rings.